The van der Waals surface area contributed by atoms with Crippen molar-refractivity contribution in [2.24, 2.45) is 0 Å². The van der Waals surface area contributed by atoms with Gasteiger partial charge in [-0.25, -0.2) is 0 Å². The van der Waals surface area contributed by atoms with Crippen molar-refractivity contribution in [3.05, 3.63) is 0 Å². The van der Waals surface area contributed by atoms with E-state index in [-0.39, 0.29) is 11.7 Å². The SMILES string of the molecule is C[Si](C)(C)[Si](C)(C(=O)OC1CCCCC1)[Si](C)(C)C. The largest absolute Gasteiger partial charge is 0.467 e. The van der Waals surface area contributed by atoms with Crippen molar-refractivity contribution >= 4 is 27.9 Å². The quantitative estimate of drug-likeness (QED) is 0.686. The molecular formula is C14H32O2Si3. The molecule has 0 N–H and O–H groups in total. The Hall–Kier alpha value is 0.121. The summed E-state index contributed by atoms with van der Waals surface area (Å²) < 4.78 is 6.00. The molecule has 0 spiro atoms. The van der Waals surface area contributed by atoms with Crippen LogP contribution >= 0.6 is 0 Å². The average Bonchev–Trinajstić information content (AvgIpc) is 2.26. The Morgan fingerprint density at radius 2 is 1.26 bits per heavy atom. The van der Waals surface area contributed by atoms with Crippen LogP contribution in [0.3, 0.4) is 0 Å². The van der Waals surface area contributed by atoms with Gasteiger partial charge in [-0.1, -0.05) is 52.2 Å². The minimum Gasteiger partial charge on any atom is -0.467 e. The van der Waals surface area contributed by atoms with Crippen molar-refractivity contribution in [3.63, 3.8) is 0 Å². The fourth-order valence-electron chi connectivity index (χ4n) is 3.19. The van der Waals surface area contributed by atoms with Crippen molar-refractivity contribution in [1.29, 1.82) is 0 Å². The lowest BCUT2D eigenvalue weighted by Crippen LogP contribution is -2.74. The first kappa shape index (κ1) is 17.2. The smallest absolute Gasteiger partial charge is 0.266 e. The van der Waals surface area contributed by atoms with Crippen LogP contribution < -0.4 is 0 Å². The summed E-state index contributed by atoms with van der Waals surface area (Å²) in [5.41, 5.74) is 0.248. The molecule has 2 nitrogen and oxygen atoms in total. The molecule has 0 bridgehead atoms. The fraction of sp³-hybridized carbons (Fsp3) is 0.929. The molecule has 1 fully saturated rings. The molecule has 0 aliphatic heterocycles. The van der Waals surface area contributed by atoms with Crippen LogP contribution in [0.25, 0.3) is 0 Å². The van der Waals surface area contributed by atoms with Crippen LogP contribution in [0.2, 0.25) is 45.8 Å². The molecule has 0 aromatic carbocycles. The van der Waals surface area contributed by atoms with Crippen LogP contribution in [0, 0.1) is 0 Å². The molecule has 0 unspecified atom stereocenters. The molecule has 0 atom stereocenters. The van der Waals surface area contributed by atoms with Crippen LogP contribution in [-0.2, 0) is 4.74 Å². The average molecular weight is 317 g/mol. The van der Waals surface area contributed by atoms with Gasteiger partial charge in [-0.05, 0) is 25.7 Å². The highest BCUT2D eigenvalue weighted by molar-refractivity contribution is 7.76. The highest BCUT2D eigenvalue weighted by Gasteiger charge is 2.58. The first-order chi connectivity index (χ1) is 8.50. The molecule has 0 amide bonds. The number of carbonyl (C=O) groups excluding carboxylic acids is 1. The number of ether oxygens (including phenoxy) is 1. The Kier molecular flexibility index (Phi) is 5.29. The number of hydrogen-bond donors (Lipinski definition) is 0. The lowest BCUT2D eigenvalue weighted by Gasteiger charge is -2.45. The summed E-state index contributed by atoms with van der Waals surface area (Å²) >= 11 is 0. The van der Waals surface area contributed by atoms with E-state index < -0.39 is 22.3 Å². The van der Waals surface area contributed by atoms with E-state index in [0.717, 1.165) is 12.8 Å². The maximum absolute atomic E-state index is 12.9. The van der Waals surface area contributed by atoms with E-state index in [4.69, 9.17) is 4.74 Å². The zero-order valence-corrected chi connectivity index (χ0v) is 16.9. The van der Waals surface area contributed by atoms with Crippen LogP contribution in [0.5, 0.6) is 0 Å². The Labute approximate surface area is 121 Å². The maximum atomic E-state index is 12.9. The van der Waals surface area contributed by atoms with E-state index in [9.17, 15) is 4.79 Å². The zero-order chi connectivity index (χ0) is 14.9. The Morgan fingerprint density at radius 3 is 1.63 bits per heavy atom. The third-order valence-electron chi connectivity index (χ3n) is 5.23. The first-order valence-corrected chi connectivity index (χ1v) is 19.2. The minimum atomic E-state index is -1.92. The van der Waals surface area contributed by atoms with E-state index in [1.807, 2.05) is 0 Å². The van der Waals surface area contributed by atoms with E-state index in [1.54, 1.807) is 0 Å². The highest BCUT2D eigenvalue weighted by Crippen LogP contribution is 2.32. The molecule has 1 aliphatic carbocycles. The van der Waals surface area contributed by atoms with Gasteiger partial charge in [0.25, 0.3) is 5.59 Å². The van der Waals surface area contributed by atoms with Crippen molar-refractivity contribution in [2.45, 2.75) is 84.0 Å². The van der Waals surface area contributed by atoms with Gasteiger partial charge >= 0.3 is 0 Å². The van der Waals surface area contributed by atoms with Crippen LogP contribution in [0.4, 0.5) is 4.79 Å². The third kappa shape index (κ3) is 3.61. The standard InChI is InChI=1S/C14H32O2Si3/c1-17(2,3)19(7,18(4,5)6)14(15)16-13-11-9-8-10-12-13/h13H,8-12H2,1-7H3. The van der Waals surface area contributed by atoms with E-state index in [1.165, 1.54) is 19.3 Å². The van der Waals surface area contributed by atoms with Gasteiger partial charge in [0.1, 0.15) is 6.10 Å². The molecule has 0 saturated heterocycles. The topological polar surface area (TPSA) is 26.3 Å². The fourth-order valence-corrected chi connectivity index (χ4v) is 38.1. The van der Waals surface area contributed by atoms with Crippen LogP contribution in [0.1, 0.15) is 32.1 Å². The minimum absolute atomic E-state index is 0.223. The lowest BCUT2D eigenvalue weighted by atomic mass is 9.98. The molecule has 0 radical (unpaired) electrons. The van der Waals surface area contributed by atoms with E-state index in [0.29, 0.717) is 0 Å². The van der Waals surface area contributed by atoms with Gasteiger partial charge in [0.15, 0.2) is 7.11 Å². The lowest BCUT2D eigenvalue weighted by molar-refractivity contribution is 0.0940. The van der Waals surface area contributed by atoms with Crippen molar-refractivity contribution in [1.82, 2.24) is 0 Å². The molecule has 0 aromatic rings. The second-order valence-electron chi connectivity index (χ2n) is 8.29. The molecule has 5 heteroatoms. The molecule has 0 aromatic heterocycles. The van der Waals surface area contributed by atoms with Crippen LogP contribution in [-0.4, -0.2) is 34.0 Å². The zero-order valence-electron chi connectivity index (χ0n) is 13.9. The summed E-state index contributed by atoms with van der Waals surface area (Å²) in [6.07, 6.45) is 6.18. The monoisotopic (exact) mass is 316 g/mol. The summed E-state index contributed by atoms with van der Waals surface area (Å²) in [5, 5.41) is 0. The molecule has 1 rings (SSSR count). The summed E-state index contributed by atoms with van der Waals surface area (Å²) in [5.74, 6) is 0. The summed E-state index contributed by atoms with van der Waals surface area (Å²) in [6.45, 7) is 16.6. The van der Waals surface area contributed by atoms with Gasteiger partial charge in [0.2, 0.25) is 0 Å². The summed E-state index contributed by atoms with van der Waals surface area (Å²) in [7, 11) is -4.86. The van der Waals surface area contributed by atoms with Gasteiger partial charge in [-0.15, -0.1) is 0 Å². The Balaban J connectivity index is 2.90. The molecule has 1 aliphatic rings. The first-order valence-electron chi connectivity index (χ1n) is 7.71. The predicted octanol–water partition coefficient (Wildman–Crippen LogP) is 4.95. The molecular weight excluding hydrogens is 284 g/mol. The molecule has 112 valence electrons. The second kappa shape index (κ2) is 5.85. The molecule has 1 saturated carbocycles. The Morgan fingerprint density at radius 1 is 0.842 bits per heavy atom. The molecule has 19 heavy (non-hydrogen) atoms. The normalized spacial score (nSPS) is 19.3. The summed E-state index contributed by atoms with van der Waals surface area (Å²) in [6, 6.07) is 0. The van der Waals surface area contributed by atoms with E-state index >= 15 is 0 Å². The predicted molar refractivity (Wildman–Crippen MR) is 91.7 cm³/mol. The Bertz CT molecular complexity index is 309. The van der Waals surface area contributed by atoms with Gasteiger partial charge in [0.05, 0.1) is 0 Å². The number of hydrogen-bond acceptors (Lipinski definition) is 2. The summed E-state index contributed by atoms with van der Waals surface area (Å²) in [4.78, 5) is 12.9. The van der Waals surface area contributed by atoms with Crippen molar-refractivity contribution in [2.75, 3.05) is 0 Å². The van der Waals surface area contributed by atoms with Crippen molar-refractivity contribution in [3.8, 4) is 0 Å². The van der Waals surface area contributed by atoms with Gasteiger partial charge in [0, 0.05) is 15.2 Å². The van der Waals surface area contributed by atoms with Gasteiger partial charge < -0.3 is 4.74 Å². The highest BCUT2D eigenvalue weighted by atomic mass is 29.6. The van der Waals surface area contributed by atoms with Crippen molar-refractivity contribution < 1.29 is 9.53 Å². The van der Waals surface area contributed by atoms with Gasteiger partial charge in [-0.2, -0.15) is 0 Å². The second-order valence-corrected chi connectivity index (χ2v) is 36.4. The number of rotatable bonds is 4. The number of carbonyl (C=O) groups is 1. The van der Waals surface area contributed by atoms with Crippen LogP contribution in [0.15, 0.2) is 0 Å². The molecule has 0 heterocycles. The van der Waals surface area contributed by atoms with E-state index in [2.05, 4.69) is 45.8 Å². The third-order valence-corrected chi connectivity index (χ3v) is 44.9. The maximum Gasteiger partial charge on any atom is 0.266 e. The van der Waals surface area contributed by atoms with Gasteiger partial charge in [-0.3, -0.25) is 4.79 Å².